The van der Waals surface area contributed by atoms with Crippen LogP contribution in [0.3, 0.4) is 0 Å². The molecule has 0 bridgehead atoms. The van der Waals surface area contributed by atoms with Crippen molar-refractivity contribution in [1.82, 2.24) is 4.90 Å². The van der Waals surface area contributed by atoms with Gasteiger partial charge in [0.05, 0.1) is 5.69 Å². The summed E-state index contributed by atoms with van der Waals surface area (Å²) >= 11 is 0. The highest BCUT2D eigenvalue weighted by Gasteiger charge is 2.20. The number of nitrogens with one attached hydrogen (secondary N) is 1. The van der Waals surface area contributed by atoms with Crippen LogP contribution in [-0.4, -0.2) is 32.4 Å². The Morgan fingerprint density at radius 2 is 1.83 bits per heavy atom. The molecule has 1 aromatic carbocycles. The second kappa shape index (κ2) is 4.95. The van der Waals surface area contributed by atoms with Crippen LogP contribution in [0.2, 0.25) is 0 Å². The number of urea groups is 1. The van der Waals surface area contributed by atoms with E-state index in [1.165, 1.54) is 12.1 Å². The zero-order valence-electron chi connectivity index (χ0n) is 9.80. The monoisotopic (exact) mass is 269 g/mol. The van der Waals surface area contributed by atoms with Gasteiger partial charge in [0.15, 0.2) is 0 Å². The van der Waals surface area contributed by atoms with E-state index in [0.717, 1.165) is 12.8 Å². The van der Waals surface area contributed by atoms with Gasteiger partial charge in [0.1, 0.15) is 4.90 Å². The van der Waals surface area contributed by atoms with Crippen LogP contribution in [0.4, 0.5) is 10.5 Å². The molecule has 1 saturated heterocycles. The van der Waals surface area contributed by atoms with E-state index in [1.54, 1.807) is 17.0 Å². The molecule has 0 atom stereocenters. The van der Waals surface area contributed by atoms with Gasteiger partial charge in [-0.25, -0.2) is 18.4 Å². The molecule has 18 heavy (non-hydrogen) atoms. The molecule has 1 aliphatic heterocycles. The maximum atomic E-state index is 11.9. The number of carbonyl (C=O) groups is 1. The SMILES string of the molecule is NS(=O)(=O)c1ccccc1NC(=O)N1CCCC1. The number of sulfonamides is 1. The number of carbonyl (C=O) groups excluding carboxylic acids is 1. The molecule has 1 fully saturated rings. The summed E-state index contributed by atoms with van der Waals surface area (Å²) in [5.74, 6) is 0. The summed E-state index contributed by atoms with van der Waals surface area (Å²) in [5.41, 5.74) is 0.219. The van der Waals surface area contributed by atoms with Crippen LogP contribution >= 0.6 is 0 Å². The number of rotatable bonds is 2. The zero-order chi connectivity index (χ0) is 13.2. The Morgan fingerprint density at radius 1 is 1.22 bits per heavy atom. The number of likely N-dealkylation sites (tertiary alicyclic amines) is 1. The first-order valence-corrected chi connectivity index (χ1v) is 7.21. The molecule has 1 heterocycles. The van der Waals surface area contributed by atoms with Crippen LogP contribution in [0.5, 0.6) is 0 Å². The lowest BCUT2D eigenvalue weighted by atomic mass is 10.3. The van der Waals surface area contributed by atoms with Gasteiger partial charge in [0.25, 0.3) is 0 Å². The summed E-state index contributed by atoms with van der Waals surface area (Å²) in [6, 6.07) is 5.81. The second-order valence-corrected chi connectivity index (χ2v) is 5.70. The Kier molecular flexibility index (Phi) is 3.53. The fourth-order valence-corrected chi connectivity index (χ4v) is 2.63. The molecular weight excluding hydrogens is 254 g/mol. The van der Waals surface area contributed by atoms with Crippen LogP contribution < -0.4 is 10.5 Å². The smallest absolute Gasteiger partial charge is 0.321 e. The van der Waals surface area contributed by atoms with Crippen molar-refractivity contribution in [2.24, 2.45) is 5.14 Å². The minimum Gasteiger partial charge on any atom is -0.325 e. The lowest BCUT2D eigenvalue weighted by Gasteiger charge is -2.17. The third-order valence-electron chi connectivity index (χ3n) is 2.83. The average molecular weight is 269 g/mol. The fourth-order valence-electron chi connectivity index (χ4n) is 1.93. The fraction of sp³-hybridized carbons (Fsp3) is 0.364. The third kappa shape index (κ3) is 2.80. The van der Waals surface area contributed by atoms with E-state index >= 15 is 0 Å². The number of hydrogen-bond donors (Lipinski definition) is 2. The quantitative estimate of drug-likeness (QED) is 0.837. The van der Waals surface area contributed by atoms with Crippen molar-refractivity contribution in [1.29, 1.82) is 0 Å². The van der Waals surface area contributed by atoms with Crippen molar-refractivity contribution < 1.29 is 13.2 Å². The molecule has 0 spiro atoms. The largest absolute Gasteiger partial charge is 0.325 e. The summed E-state index contributed by atoms with van der Waals surface area (Å²) in [7, 11) is -3.84. The highest BCUT2D eigenvalue weighted by molar-refractivity contribution is 7.89. The third-order valence-corrected chi connectivity index (χ3v) is 3.80. The van der Waals surface area contributed by atoms with Gasteiger partial charge < -0.3 is 10.2 Å². The summed E-state index contributed by atoms with van der Waals surface area (Å²) < 4.78 is 22.7. The minimum absolute atomic E-state index is 0.0717. The maximum absolute atomic E-state index is 11.9. The van der Waals surface area contributed by atoms with Crippen LogP contribution in [-0.2, 0) is 10.0 Å². The van der Waals surface area contributed by atoms with E-state index in [1.807, 2.05) is 0 Å². The van der Waals surface area contributed by atoms with Crippen molar-refractivity contribution >= 4 is 21.7 Å². The molecule has 7 heteroatoms. The topological polar surface area (TPSA) is 92.5 Å². The van der Waals surface area contributed by atoms with E-state index in [9.17, 15) is 13.2 Å². The van der Waals surface area contributed by atoms with Gasteiger partial charge in [-0.1, -0.05) is 12.1 Å². The highest BCUT2D eigenvalue weighted by Crippen LogP contribution is 2.20. The van der Waals surface area contributed by atoms with E-state index in [-0.39, 0.29) is 16.6 Å². The number of benzene rings is 1. The summed E-state index contributed by atoms with van der Waals surface area (Å²) in [5, 5.41) is 7.68. The normalized spacial score (nSPS) is 15.7. The van der Waals surface area contributed by atoms with E-state index in [0.29, 0.717) is 13.1 Å². The van der Waals surface area contributed by atoms with Gasteiger partial charge in [0.2, 0.25) is 10.0 Å². The molecular formula is C11H15N3O3S. The first-order chi connectivity index (χ1) is 8.48. The van der Waals surface area contributed by atoms with Gasteiger partial charge in [-0.05, 0) is 25.0 Å². The Balaban J connectivity index is 2.21. The van der Waals surface area contributed by atoms with Crippen LogP contribution in [0.15, 0.2) is 29.2 Å². The molecule has 0 unspecified atom stereocenters. The van der Waals surface area contributed by atoms with E-state index in [2.05, 4.69) is 5.32 Å². The van der Waals surface area contributed by atoms with Crippen molar-refractivity contribution in [2.45, 2.75) is 17.7 Å². The number of nitrogens with two attached hydrogens (primary N) is 1. The van der Waals surface area contributed by atoms with Crippen LogP contribution in [0.1, 0.15) is 12.8 Å². The number of hydrogen-bond acceptors (Lipinski definition) is 3. The first-order valence-electron chi connectivity index (χ1n) is 5.66. The Bertz CT molecular complexity index is 550. The predicted octanol–water partition coefficient (Wildman–Crippen LogP) is 0.962. The van der Waals surface area contributed by atoms with Crippen LogP contribution in [0, 0.1) is 0 Å². The van der Waals surface area contributed by atoms with Crippen molar-refractivity contribution in [3.63, 3.8) is 0 Å². The first kappa shape index (κ1) is 12.8. The summed E-state index contributed by atoms with van der Waals surface area (Å²) in [6.45, 7) is 1.40. The number of nitrogens with zero attached hydrogens (tertiary/aromatic N) is 1. The zero-order valence-corrected chi connectivity index (χ0v) is 10.6. The molecule has 2 rings (SSSR count). The lowest BCUT2D eigenvalue weighted by molar-refractivity contribution is 0.222. The van der Waals surface area contributed by atoms with Gasteiger partial charge in [-0.2, -0.15) is 0 Å². The molecule has 98 valence electrons. The molecule has 1 aliphatic rings. The summed E-state index contributed by atoms with van der Waals surface area (Å²) in [6.07, 6.45) is 1.95. The molecule has 0 saturated carbocycles. The van der Waals surface area contributed by atoms with Gasteiger partial charge >= 0.3 is 6.03 Å². The minimum atomic E-state index is -3.84. The molecule has 0 radical (unpaired) electrons. The van der Waals surface area contributed by atoms with Crippen molar-refractivity contribution in [2.75, 3.05) is 18.4 Å². The number of amides is 2. The molecule has 0 aromatic heterocycles. The van der Waals surface area contributed by atoms with Crippen LogP contribution in [0.25, 0.3) is 0 Å². The average Bonchev–Trinajstić information content (AvgIpc) is 2.81. The number of primary sulfonamides is 1. The Labute approximate surface area is 106 Å². The van der Waals surface area contributed by atoms with Crippen molar-refractivity contribution in [3.8, 4) is 0 Å². The Hall–Kier alpha value is -1.60. The maximum Gasteiger partial charge on any atom is 0.321 e. The molecule has 6 nitrogen and oxygen atoms in total. The molecule has 2 amide bonds. The summed E-state index contributed by atoms with van der Waals surface area (Å²) in [4.78, 5) is 13.5. The van der Waals surface area contributed by atoms with E-state index in [4.69, 9.17) is 5.14 Å². The van der Waals surface area contributed by atoms with Gasteiger partial charge in [-0.15, -0.1) is 0 Å². The number of para-hydroxylation sites is 1. The number of anilines is 1. The highest BCUT2D eigenvalue weighted by atomic mass is 32.2. The lowest BCUT2D eigenvalue weighted by Crippen LogP contribution is -2.32. The van der Waals surface area contributed by atoms with Gasteiger partial charge in [-0.3, -0.25) is 0 Å². The standard InChI is InChI=1S/C11H15N3O3S/c12-18(16,17)10-6-2-1-5-9(10)13-11(15)14-7-3-4-8-14/h1-2,5-6H,3-4,7-8H2,(H,13,15)(H2,12,16,17). The van der Waals surface area contributed by atoms with E-state index < -0.39 is 10.0 Å². The molecule has 3 N–H and O–H groups in total. The van der Waals surface area contributed by atoms with Gasteiger partial charge in [0, 0.05) is 13.1 Å². The Morgan fingerprint density at radius 3 is 2.44 bits per heavy atom. The second-order valence-electron chi connectivity index (χ2n) is 4.17. The van der Waals surface area contributed by atoms with Crippen molar-refractivity contribution in [3.05, 3.63) is 24.3 Å². The predicted molar refractivity (Wildman–Crippen MR) is 67.6 cm³/mol. The molecule has 0 aliphatic carbocycles. The molecule has 1 aromatic rings.